The Morgan fingerprint density at radius 1 is 1.12 bits per heavy atom. The number of carbonyl (C=O) groups is 3. The van der Waals surface area contributed by atoms with Gasteiger partial charge in [0.15, 0.2) is 0 Å². The first-order valence-corrected chi connectivity index (χ1v) is 11.1. The molecule has 0 radical (unpaired) electrons. The second-order valence-electron chi connectivity index (χ2n) is 9.05. The largest absolute Gasteiger partial charge is 0.468 e. The summed E-state index contributed by atoms with van der Waals surface area (Å²) in [5.41, 5.74) is 1.56. The number of methoxy groups -OCH3 is 1. The van der Waals surface area contributed by atoms with Gasteiger partial charge in [0.05, 0.1) is 18.9 Å². The van der Waals surface area contributed by atoms with Crippen molar-refractivity contribution < 1.29 is 19.1 Å². The third kappa shape index (κ3) is 3.51. The lowest BCUT2D eigenvalue weighted by Crippen LogP contribution is -2.56. The number of halogens is 1. The number of hydrogen-bond donors (Lipinski definition) is 1. The summed E-state index contributed by atoms with van der Waals surface area (Å²) in [5.74, 6) is -2.46. The highest BCUT2D eigenvalue weighted by Crippen LogP contribution is 2.51. The van der Waals surface area contributed by atoms with Gasteiger partial charge in [-0.05, 0) is 41.2 Å². The first-order chi connectivity index (χ1) is 15.2. The molecule has 4 rings (SSSR count). The summed E-state index contributed by atoms with van der Waals surface area (Å²) in [4.78, 5) is 40.4. The number of fused-ring (bicyclic) bond motifs is 1. The molecule has 4 atom stereocenters. The maximum Gasteiger partial charge on any atom is 0.326 e. The Kier molecular flexibility index (Phi) is 5.86. The minimum Gasteiger partial charge on any atom is -0.468 e. The Morgan fingerprint density at radius 2 is 1.81 bits per heavy atom. The van der Waals surface area contributed by atoms with Crippen molar-refractivity contribution in [1.29, 1.82) is 0 Å². The van der Waals surface area contributed by atoms with Crippen LogP contribution in [0.1, 0.15) is 31.9 Å². The lowest BCUT2D eigenvalue weighted by Gasteiger charge is -2.33. The highest BCUT2D eigenvalue weighted by molar-refractivity contribution is 6.30. The summed E-state index contributed by atoms with van der Waals surface area (Å²) in [6, 6.07) is 14.9. The van der Waals surface area contributed by atoms with Gasteiger partial charge < -0.3 is 4.74 Å². The fourth-order valence-electron chi connectivity index (χ4n) is 5.27. The number of esters is 1. The molecule has 0 bridgehead atoms. The topological polar surface area (TPSA) is 75.7 Å². The molecule has 0 spiro atoms. The van der Waals surface area contributed by atoms with Crippen molar-refractivity contribution in [1.82, 2.24) is 10.2 Å². The third-order valence-electron chi connectivity index (χ3n) is 6.58. The smallest absolute Gasteiger partial charge is 0.326 e. The molecular weight excluding hydrogens is 428 g/mol. The summed E-state index contributed by atoms with van der Waals surface area (Å²) in [5, 5.41) is 4.04. The number of carbonyl (C=O) groups excluding carboxylic acids is 3. The Balaban J connectivity index is 1.76. The van der Waals surface area contributed by atoms with Gasteiger partial charge in [0.2, 0.25) is 11.8 Å². The van der Waals surface area contributed by atoms with E-state index < -0.39 is 29.4 Å². The molecular formula is C25H27ClN2O4. The Labute approximate surface area is 192 Å². The molecule has 3 unspecified atom stereocenters. The number of imide groups is 1. The van der Waals surface area contributed by atoms with Crippen LogP contribution in [-0.2, 0) is 19.1 Å². The van der Waals surface area contributed by atoms with Gasteiger partial charge in [-0.2, -0.15) is 0 Å². The summed E-state index contributed by atoms with van der Waals surface area (Å²) in [7, 11) is 2.80. The molecule has 0 aromatic heterocycles. The number of rotatable bonds is 5. The number of hydrogen-bond acceptors (Lipinski definition) is 5. The predicted molar refractivity (Wildman–Crippen MR) is 122 cm³/mol. The number of amides is 2. The zero-order valence-electron chi connectivity index (χ0n) is 18.6. The van der Waals surface area contributed by atoms with Crippen molar-refractivity contribution in [3.8, 4) is 11.1 Å². The first kappa shape index (κ1) is 22.5. The van der Waals surface area contributed by atoms with Crippen molar-refractivity contribution in [2.24, 2.45) is 17.8 Å². The average molecular weight is 455 g/mol. The third-order valence-corrected chi connectivity index (χ3v) is 6.82. The molecule has 0 saturated carbocycles. The van der Waals surface area contributed by atoms with Crippen LogP contribution in [0.25, 0.3) is 11.1 Å². The quantitative estimate of drug-likeness (QED) is 0.548. The fourth-order valence-corrected chi connectivity index (χ4v) is 5.46. The van der Waals surface area contributed by atoms with Crippen molar-refractivity contribution in [3.63, 3.8) is 0 Å². The lowest BCUT2D eigenvalue weighted by atomic mass is 9.75. The molecule has 6 nitrogen and oxygen atoms in total. The molecule has 2 heterocycles. The molecule has 2 aromatic carbocycles. The summed E-state index contributed by atoms with van der Waals surface area (Å²) >= 11 is 6.12. The van der Waals surface area contributed by atoms with Crippen LogP contribution < -0.4 is 5.32 Å². The van der Waals surface area contributed by atoms with E-state index in [1.807, 2.05) is 62.4 Å². The zero-order valence-corrected chi connectivity index (χ0v) is 19.3. The second-order valence-corrected chi connectivity index (χ2v) is 9.49. The van der Waals surface area contributed by atoms with Gasteiger partial charge >= 0.3 is 5.97 Å². The van der Waals surface area contributed by atoms with E-state index in [2.05, 4.69) is 5.32 Å². The van der Waals surface area contributed by atoms with E-state index in [9.17, 15) is 14.4 Å². The van der Waals surface area contributed by atoms with Crippen LogP contribution >= 0.6 is 11.6 Å². The molecule has 7 heteroatoms. The molecule has 2 amide bonds. The van der Waals surface area contributed by atoms with Crippen molar-refractivity contribution in [2.45, 2.75) is 31.8 Å². The molecule has 168 valence electrons. The molecule has 2 aliphatic heterocycles. The molecule has 32 heavy (non-hydrogen) atoms. The molecule has 2 fully saturated rings. The van der Waals surface area contributed by atoms with Gasteiger partial charge in [-0.15, -0.1) is 0 Å². The minimum absolute atomic E-state index is 0.111. The van der Waals surface area contributed by atoms with E-state index in [0.717, 1.165) is 21.6 Å². The molecule has 2 aromatic rings. The van der Waals surface area contributed by atoms with Crippen molar-refractivity contribution in [2.75, 3.05) is 14.2 Å². The molecule has 2 saturated heterocycles. The highest BCUT2D eigenvalue weighted by Gasteiger charge is 2.68. The van der Waals surface area contributed by atoms with E-state index >= 15 is 0 Å². The number of nitrogens with zero attached hydrogens (tertiary/aromatic N) is 1. The number of likely N-dealkylation sites (tertiary alicyclic amines) is 1. The molecule has 0 aliphatic carbocycles. The van der Waals surface area contributed by atoms with Gasteiger partial charge in [-0.25, -0.2) is 0 Å². The fraction of sp³-hybridized carbons (Fsp3) is 0.400. The minimum atomic E-state index is -1.25. The number of nitrogens with one attached hydrogen (secondary N) is 1. The van der Waals surface area contributed by atoms with Gasteiger partial charge in [0.1, 0.15) is 5.54 Å². The van der Waals surface area contributed by atoms with Crippen LogP contribution in [0.15, 0.2) is 48.5 Å². The summed E-state index contributed by atoms with van der Waals surface area (Å²) in [6.07, 6.45) is 0.394. The van der Waals surface area contributed by atoms with Crippen molar-refractivity contribution in [3.05, 3.63) is 59.1 Å². The van der Waals surface area contributed by atoms with Gasteiger partial charge in [0.25, 0.3) is 0 Å². The van der Waals surface area contributed by atoms with E-state index in [4.69, 9.17) is 16.3 Å². The lowest BCUT2D eigenvalue weighted by molar-refractivity contribution is -0.154. The van der Waals surface area contributed by atoms with E-state index in [-0.39, 0.29) is 17.7 Å². The van der Waals surface area contributed by atoms with Crippen LogP contribution in [-0.4, -0.2) is 42.4 Å². The van der Waals surface area contributed by atoms with E-state index in [1.165, 1.54) is 14.2 Å². The van der Waals surface area contributed by atoms with Gasteiger partial charge in [-0.3, -0.25) is 24.6 Å². The summed E-state index contributed by atoms with van der Waals surface area (Å²) < 4.78 is 5.14. The van der Waals surface area contributed by atoms with Gasteiger partial charge in [0, 0.05) is 18.1 Å². The SMILES string of the molecule is COC(=O)[C@]1(CC(C)C)NC(c2ccc(-c3cccc(Cl)c3)cc2)C2C(=O)N(C)C(=O)C21. The Bertz CT molecular complexity index is 1070. The number of ether oxygens (including phenoxy) is 1. The normalized spacial score (nSPS) is 27.2. The molecule has 2 aliphatic rings. The highest BCUT2D eigenvalue weighted by atomic mass is 35.5. The number of benzene rings is 2. The van der Waals surface area contributed by atoms with Crippen LogP contribution in [0, 0.1) is 17.8 Å². The Morgan fingerprint density at radius 3 is 2.41 bits per heavy atom. The standard InChI is InChI=1S/C25H27ClN2O4/c1-14(2)13-25(24(31)32-4)20-19(22(29)28(3)23(20)30)21(27-25)16-10-8-15(9-11-16)17-6-5-7-18(26)12-17/h5-12,14,19-21,27H,13H2,1-4H3/t19?,20?,21?,25-/m1/s1. The average Bonchev–Trinajstić information content (AvgIpc) is 3.22. The van der Waals surface area contributed by atoms with Crippen LogP contribution in [0.4, 0.5) is 0 Å². The first-order valence-electron chi connectivity index (χ1n) is 10.7. The maximum atomic E-state index is 13.1. The van der Waals surface area contributed by atoms with E-state index in [1.54, 1.807) is 0 Å². The van der Waals surface area contributed by atoms with Crippen molar-refractivity contribution >= 4 is 29.4 Å². The molecule has 1 N–H and O–H groups in total. The van der Waals surface area contributed by atoms with Crippen LogP contribution in [0.3, 0.4) is 0 Å². The Hall–Kier alpha value is -2.70. The second kappa shape index (κ2) is 8.34. The van der Waals surface area contributed by atoms with Crippen LogP contribution in [0.5, 0.6) is 0 Å². The van der Waals surface area contributed by atoms with Gasteiger partial charge in [-0.1, -0.05) is 61.8 Å². The predicted octanol–water partition coefficient (Wildman–Crippen LogP) is 3.84. The zero-order chi connectivity index (χ0) is 23.2. The van der Waals surface area contributed by atoms with E-state index in [0.29, 0.717) is 11.4 Å². The monoisotopic (exact) mass is 454 g/mol. The maximum absolute atomic E-state index is 13.1. The summed E-state index contributed by atoms with van der Waals surface area (Å²) in [6.45, 7) is 3.97. The van der Waals surface area contributed by atoms with Crippen LogP contribution in [0.2, 0.25) is 5.02 Å².